The van der Waals surface area contributed by atoms with Crippen molar-refractivity contribution in [2.75, 3.05) is 21.4 Å². The van der Waals surface area contributed by atoms with Crippen LogP contribution in [0.5, 0.6) is 11.5 Å². The zero-order chi connectivity index (χ0) is 46.7. The number of nitrogen functional groups attached to an aromatic ring is 2. The van der Waals surface area contributed by atoms with Crippen LogP contribution < -0.4 is 19.4 Å². The third-order valence-electron chi connectivity index (χ3n) is 7.98. The Morgan fingerprint density at radius 3 is 1.54 bits per heavy atom. The number of nitrogens with zero attached hydrogens (tertiary/aromatic N) is 5. The maximum Gasteiger partial charge on any atom is 0.534 e. The van der Waals surface area contributed by atoms with E-state index in [2.05, 4.69) is 24.1 Å². The van der Waals surface area contributed by atoms with Gasteiger partial charge in [0.25, 0.3) is 0 Å². The molecule has 0 aliphatic rings. The maximum atomic E-state index is 12.7. The standard InChI is InChI=1S/C15H9ClF3N3O3S.C14H10ClN3O.C8H8F3NO4S2/c16-11-4-2-1-3-10(11)8-5-9-7-21-14(20)22-13(9)12(6-8)25-26(23,24)15(17,18)19;15-11-4-2-1-3-10(11)8-5-9-7-17-14(16)18-13(9)12(19)6-8;1-17(13,14)12(7-5-3-2-4-6-7)18(15,16)8(9,10)11/h1-7H,(H2,20,21,22);1-7,19H,(H2,16,17,18);2-6H,1H3. The van der Waals surface area contributed by atoms with Crippen LogP contribution in [0.2, 0.25) is 10.0 Å². The summed E-state index contributed by atoms with van der Waals surface area (Å²) in [7, 11) is -16.5. The minimum atomic E-state index is -6.00. The number of phenols is 1. The van der Waals surface area contributed by atoms with Gasteiger partial charge in [-0.15, -0.1) is 0 Å². The molecule has 0 fully saturated rings. The van der Waals surface area contributed by atoms with Crippen LogP contribution in [0.4, 0.5) is 43.9 Å². The Bertz CT molecular complexity index is 3170. The molecule has 2 aromatic heterocycles. The predicted molar refractivity (Wildman–Crippen MR) is 225 cm³/mol. The largest absolute Gasteiger partial charge is 0.534 e. The van der Waals surface area contributed by atoms with Gasteiger partial charge in [0.2, 0.25) is 21.9 Å². The molecule has 7 aromatic rings. The van der Waals surface area contributed by atoms with Crippen molar-refractivity contribution < 1.29 is 60.9 Å². The molecule has 0 radical (unpaired) electrons. The van der Waals surface area contributed by atoms with Gasteiger partial charge < -0.3 is 20.8 Å². The summed E-state index contributed by atoms with van der Waals surface area (Å²) in [5, 5.41) is 11.9. The Hall–Kier alpha value is -6.21. The zero-order valence-electron chi connectivity index (χ0n) is 31.4. The summed E-state index contributed by atoms with van der Waals surface area (Å²) < 4.78 is 147. The number of alkyl halides is 6. The number of hydrogen-bond donors (Lipinski definition) is 3. The lowest BCUT2D eigenvalue weighted by Gasteiger charge is -2.22. The molecule has 0 spiro atoms. The minimum Gasteiger partial charge on any atom is -0.506 e. The van der Waals surface area contributed by atoms with Crippen molar-refractivity contribution in [2.45, 2.75) is 11.0 Å². The summed E-state index contributed by atoms with van der Waals surface area (Å²) >= 11 is 12.3. The fraction of sp³-hybridized carbons (Fsp3) is 0.0811. The molecule has 0 unspecified atom stereocenters. The van der Waals surface area contributed by atoms with Crippen LogP contribution in [0.15, 0.2) is 116 Å². The number of aromatic hydroxyl groups is 1. The number of nitrogens with two attached hydrogens (primary N) is 2. The summed E-state index contributed by atoms with van der Waals surface area (Å²) in [5.74, 6) is -0.698. The van der Waals surface area contributed by atoms with Crippen LogP contribution in [0.1, 0.15) is 0 Å². The fourth-order valence-corrected chi connectivity index (χ4v) is 9.07. The first kappa shape index (κ1) is 47.8. The van der Waals surface area contributed by atoms with E-state index >= 15 is 0 Å². The van der Waals surface area contributed by atoms with E-state index in [-0.39, 0.29) is 28.5 Å². The smallest absolute Gasteiger partial charge is 0.506 e. The fourth-order valence-electron chi connectivity index (χ4n) is 5.35. The highest BCUT2D eigenvalue weighted by molar-refractivity contribution is 8.10. The molecule has 0 saturated heterocycles. The minimum absolute atomic E-state index is 0.0570. The van der Waals surface area contributed by atoms with Gasteiger partial charge in [-0.2, -0.15) is 46.9 Å². The van der Waals surface area contributed by atoms with Crippen molar-refractivity contribution >= 4 is 92.8 Å². The number of para-hydroxylation sites is 1. The first-order valence-corrected chi connectivity index (χ1v) is 22.4. The highest BCUT2D eigenvalue weighted by Gasteiger charge is 2.53. The molecule has 0 saturated carbocycles. The van der Waals surface area contributed by atoms with Gasteiger partial charge in [-0.25, -0.2) is 28.4 Å². The number of rotatable bonds is 7. The van der Waals surface area contributed by atoms with Crippen molar-refractivity contribution in [1.82, 2.24) is 19.9 Å². The van der Waals surface area contributed by atoms with Gasteiger partial charge in [0, 0.05) is 44.3 Å². The van der Waals surface area contributed by atoms with Gasteiger partial charge in [-0.05, 0) is 59.7 Å². The summed E-state index contributed by atoms with van der Waals surface area (Å²) in [6.07, 6.45) is 3.20. The molecule has 0 aliphatic heterocycles. The van der Waals surface area contributed by atoms with Gasteiger partial charge in [-0.1, -0.05) is 77.8 Å². The molecule has 0 aliphatic carbocycles. The molecule has 26 heteroatoms. The molecular formula is C37H27Cl2F6N7O8S3. The van der Waals surface area contributed by atoms with Crippen molar-refractivity contribution in [2.24, 2.45) is 0 Å². The summed E-state index contributed by atoms with van der Waals surface area (Å²) in [6.45, 7) is 0. The highest BCUT2D eigenvalue weighted by Crippen LogP contribution is 2.38. The predicted octanol–water partition coefficient (Wildman–Crippen LogP) is 8.30. The lowest BCUT2D eigenvalue weighted by atomic mass is 10.0. The second kappa shape index (κ2) is 18.3. The van der Waals surface area contributed by atoms with Crippen molar-refractivity contribution in [3.05, 3.63) is 126 Å². The van der Waals surface area contributed by atoms with E-state index in [4.69, 9.17) is 34.7 Å². The Kier molecular flexibility index (Phi) is 13.9. The van der Waals surface area contributed by atoms with Gasteiger partial charge in [-0.3, -0.25) is 0 Å². The van der Waals surface area contributed by atoms with Crippen LogP contribution in [0, 0.1) is 0 Å². The quantitative estimate of drug-likeness (QED) is 0.0774. The topological polar surface area (TPSA) is 239 Å². The number of phenolic OH excluding ortho intramolecular Hbond substituents is 1. The van der Waals surface area contributed by atoms with E-state index in [0.717, 1.165) is 29.3 Å². The van der Waals surface area contributed by atoms with E-state index in [9.17, 15) is 56.7 Å². The molecule has 63 heavy (non-hydrogen) atoms. The first-order valence-electron chi connectivity index (χ1n) is 16.9. The number of fused-ring (bicyclic) bond motifs is 2. The second-order valence-electron chi connectivity index (χ2n) is 12.5. The average Bonchev–Trinajstić information content (AvgIpc) is 3.18. The number of sulfonamides is 2. The average molecular weight is 979 g/mol. The van der Waals surface area contributed by atoms with Gasteiger partial charge in [0.05, 0.1) is 11.9 Å². The number of anilines is 3. The molecule has 15 nitrogen and oxygen atoms in total. The molecule has 7 rings (SSSR count). The Morgan fingerprint density at radius 2 is 1.08 bits per heavy atom. The van der Waals surface area contributed by atoms with E-state index in [1.54, 1.807) is 42.6 Å². The number of aromatic nitrogens is 4. The number of halogens is 8. The normalized spacial score (nSPS) is 12.1. The molecule has 332 valence electrons. The van der Waals surface area contributed by atoms with E-state index in [1.807, 2.05) is 24.3 Å². The van der Waals surface area contributed by atoms with Crippen LogP contribution >= 0.6 is 23.2 Å². The second-order valence-corrected chi connectivity index (χ2v) is 18.7. The maximum absolute atomic E-state index is 12.7. The van der Waals surface area contributed by atoms with Crippen LogP contribution in [-0.2, 0) is 30.2 Å². The Balaban J connectivity index is 0.000000182. The molecular weight excluding hydrogens is 952 g/mol. The van der Waals surface area contributed by atoms with Gasteiger partial charge >= 0.3 is 31.2 Å². The van der Waals surface area contributed by atoms with Crippen molar-refractivity contribution in [1.29, 1.82) is 0 Å². The van der Waals surface area contributed by atoms with Crippen LogP contribution in [-0.4, -0.2) is 67.6 Å². The summed E-state index contributed by atoms with van der Waals surface area (Å²) in [4.78, 5) is 15.5. The van der Waals surface area contributed by atoms with E-state index < -0.39 is 56.3 Å². The van der Waals surface area contributed by atoms with E-state index in [1.165, 1.54) is 30.5 Å². The molecule has 5 aromatic carbocycles. The first-order chi connectivity index (χ1) is 29.2. The lowest BCUT2D eigenvalue weighted by Crippen LogP contribution is -2.44. The van der Waals surface area contributed by atoms with E-state index in [0.29, 0.717) is 38.3 Å². The lowest BCUT2D eigenvalue weighted by molar-refractivity contribution is -0.0500. The molecule has 0 atom stereocenters. The monoisotopic (exact) mass is 977 g/mol. The van der Waals surface area contributed by atoms with Crippen molar-refractivity contribution in [3.63, 3.8) is 0 Å². The summed E-state index contributed by atoms with van der Waals surface area (Å²) in [6, 6.07) is 25.8. The Labute approximate surface area is 363 Å². The number of benzene rings is 5. The molecule has 5 N–H and O–H groups in total. The van der Waals surface area contributed by atoms with Crippen LogP contribution in [0.25, 0.3) is 44.1 Å². The van der Waals surface area contributed by atoms with Crippen molar-refractivity contribution in [3.8, 4) is 33.8 Å². The third-order valence-corrected chi connectivity index (χ3v) is 13.1. The Morgan fingerprint density at radius 1 is 0.635 bits per heavy atom. The zero-order valence-corrected chi connectivity index (χ0v) is 35.4. The SMILES string of the molecule is CS(=O)(=O)N(c1ccccc1)S(=O)(=O)C(F)(F)F.Nc1ncc2cc(-c3ccccc3Cl)cc(O)c2n1.Nc1ncc2cc(-c3ccccc3Cl)cc(OS(=O)(=O)C(F)(F)F)c2n1. The molecule has 0 bridgehead atoms. The third kappa shape index (κ3) is 11.1. The molecule has 2 heterocycles. The number of hydrogen-bond acceptors (Lipinski definition) is 14. The van der Waals surface area contributed by atoms with Gasteiger partial charge in [0.15, 0.2) is 5.75 Å². The molecule has 0 amide bonds. The highest BCUT2D eigenvalue weighted by atomic mass is 35.5. The van der Waals surface area contributed by atoms with Gasteiger partial charge in [0.1, 0.15) is 16.8 Å². The summed E-state index contributed by atoms with van der Waals surface area (Å²) in [5.41, 5.74) is 1.75. The van der Waals surface area contributed by atoms with Crippen LogP contribution in [0.3, 0.4) is 0 Å².